The summed E-state index contributed by atoms with van der Waals surface area (Å²) in [5.41, 5.74) is 6.31. The molecule has 19 heavy (non-hydrogen) atoms. The van der Waals surface area contributed by atoms with Gasteiger partial charge in [0.1, 0.15) is 0 Å². The summed E-state index contributed by atoms with van der Waals surface area (Å²) in [5.74, 6) is 1.84. The second-order valence-corrected chi connectivity index (χ2v) is 6.02. The molecular formula is C13H16ClN3OS. The summed E-state index contributed by atoms with van der Waals surface area (Å²) < 4.78 is 5.23. The highest BCUT2D eigenvalue weighted by Crippen LogP contribution is 2.26. The van der Waals surface area contributed by atoms with Crippen LogP contribution in [0.15, 0.2) is 28.8 Å². The molecule has 0 aliphatic carbocycles. The molecule has 4 nitrogen and oxygen atoms in total. The van der Waals surface area contributed by atoms with Gasteiger partial charge >= 0.3 is 0 Å². The molecule has 6 heteroatoms. The SMILES string of the molecule is CC(CCN)SCc1nc(-c2ccccc2Cl)no1. The monoisotopic (exact) mass is 297 g/mol. The predicted molar refractivity (Wildman–Crippen MR) is 79.2 cm³/mol. The normalized spacial score (nSPS) is 12.6. The van der Waals surface area contributed by atoms with Gasteiger partial charge in [0.05, 0.1) is 10.8 Å². The van der Waals surface area contributed by atoms with Gasteiger partial charge in [-0.1, -0.05) is 35.8 Å². The Morgan fingerprint density at radius 2 is 2.21 bits per heavy atom. The van der Waals surface area contributed by atoms with Crippen LogP contribution in [-0.2, 0) is 5.75 Å². The quantitative estimate of drug-likeness (QED) is 0.885. The molecule has 0 saturated carbocycles. The van der Waals surface area contributed by atoms with E-state index in [-0.39, 0.29) is 0 Å². The van der Waals surface area contributed by atoms with E-state index in [1.165, 1.54) is 0 Å². The van der Waals surface area contributed by atoms with E-state index in [1.54, 1.807) is 11.8 Å². The van der Waals surface area contributed by atoms with Crippen LogP contribution in [0.25, 0.3) is 11.4 Å². The lowest BCUT2D eigenvalue weighted by atomic mass is 10.2. The molecule has 0 aliphatic rings. The molecule has 1 unspecified atom stereocenters. The van der Waals surface area contributed by atoms with E-state index in [4.69, 9.17) is 21.9 Å². The minimum Gasteiger partial charge on any atom is -0.338 e. The third kappa shape index (κ3) is 3.96. The van der Waals surface area contributed by atoms with Crippen LogP contribution in [0.3, 0.4) is 0 Å². The largest absolute Gasteiger partial charge is 0.338 e. The van der Waals surface area contributed by atoms with Crippen LogP contribution >= 0.6 is 23.4 Å². The molecule has 1 aromatic carbocycles. The van der Waals surface area contributed by atoms with E-state index in [2.05, 4.69) is 17.1 Å². The summed E-state index contributed by atoms with van der Waals surface area (Å²) in [4.78, 5) is 4.36. The lowest BCUT2D eigenvalue weighted by molar-refractivity contribution is 0.391. The highest BCUT2D eigenvalue weighted by Gasteiger charge is 2.12. The number of halogens is 1. The summed E-state index contributed by atoms with van der Waals surface area (Å²) in [6, 6.07) is 7.46. The molecule has 0 fully saturated rings. The summed E-state index contributed by atoms with van der Waals surface area (Å²) in [7, 11) is 0. The molecule has 1 aromatic heterocycles. The minimum atomic E-state index is 0.487. The fourth-order valence-corrected chi connectivity index (χ4v) is 2.66. The predicted octanol–water partition coefficient (Wildman–Crippen LogP) is 3.36. The average molecular weight is 298 g/mol. The van der Waals surface area contributed by atoms with E-state index in [0.717, 1.165) is 12.0 Å². The number of rotatable bonds is 6. The zero-order valence-corrected chi connectivity index (χ0v) is 12.2. The molecule has 2 N–H and O–H groups in total. The smallest absolute Gasteiger partial charge is 0.236 e. The number of nitrogens with two attached hydrogens (primary N) is 1. The van der Waals surface area contributed by atoms with Crippen LogP contribution in [0.1, 0.15) is 19.2 Å². The van der Waals surface area contributed by atoms with Crippen molar-refractivity contribution in [1.82, 2.24) is 10.1 Å². The average Bonchev–Trinajstić information content (AvgIpc) is 2.86. The van der Waals surface area contributed by atoms with Crippen LogP contribution in [0, 0.1) is 0 Å². The van der Waals surface area contributed by atoms with Gasteiger partial charge in [-0.15, -0.1) is 11.8 Å². The highest BCUT2D eigenvalue weighted by atomic mass is 35.5. The number of aromatic nitrogens is 2. The Kier molecular flexibility index (Phi) is 5.24. The van der Waals surface area contributed by atoms with Crippen molar-refractivity contribution in [3.8, 4) is 11.4 Å². The van der Waals surface area contributed by atoms with Gasteiger partial charge in [-0.2, -0.15) is 4.98 Å². The Morgan fingerprint density at radius 1 is 1.42 bits per heavy atom. The lowest BCUT2D eigenvalue weighted by Gasteiger charge is -2.06. The maximum atomic E-state index is 6.10. The van der Waals surface area contributed by atoms with Crippen LogP contribution < -0.4 is 5.73 Å². The number of hydrogen-bond acceptors (Lipinski definition) is 5. The van der Waals surface area contributed by atoms with Crippen molar-refractivity contribution >= 4 is 23.4 Å². The van der Waals surface area contributed by atoms with Crippen molar-refractivity contribution < 1.29 is 4.52 Å². The molecule has 0 aliphatic heterocycles. The highest BCUT2D eigenvalue weighted by molar-refractivity contribution is 7.99. The van der Waals surface area contributed by atoms with Gasteiger partial charge < -0.3 is 10.3 Å². The molecule has 1 heterocycles. The summed E-state index contributed by atoms with van der Waals surface area (Å²) in [5, 5.41) is 5.07. The van der Waals surface area contributed by atoms with Crippen molar-refractivity contribution in [3.05, 3.63) is 35.2 Å². The van der Waals surface area contributed by atoms with Gasteiger partial charge in [-0.05, 0) is 25.1 Å². The van der Waals surface area contributed by atoms with E-state index < -0.39 is 0 Å². The van der Waals surface area contributed by atoms with Crippen molar-refractivity contribution in [3.63, 3.8) is 0 Å². The number of nitrogens with zero attached hydrogens (tertiary/aromatic N) is 2. The first kappa shape index (κ1) is 14.4. The first-order chi connectivity index (χ1) is 9.20. The van der Waals surface area contributed by atoms with Crippen LogP contribution in [0.5, 0.6) is 0 Å². The van der Waals surface area contributed by atoms with E-state index >= 15 is 0 Å². The molecule has 0 spiro atoms. The Balaban J connectivity index is 2.02. The van der Waals surface area contributed by atoms with Gasteiger partial charge in [0.25, 0.3) is 0 Å². The third-order valence-electron chi connectivity index (χ3n) is 2.65. The zero-order chi connectivity index (χ0) is 13.7. The molecule has 0 radical (unpaired) electrons. The van der Waals surface area contributed by atoms with Crippen molar-refractivity contribution in [1.29, 1.82) is 0 Å². The summed E-state index contributed by atoms with van der Waals surface area (Å²) >= 11 is 7.85. The number of hydrogen-bond donors (Lipinski definition) is 1. The summed E-state index contributed by atoms with van der Waals surface area (Å²) in [6.45, 7) is 2.84. The Bertz CT molecular complexity index is 532. The van der Waals surface area contributed by atoms with E-state index in [1.807, 2.05) is 24.3 Å². The molecular weight excluding hydrogens is 282 g/mol. The van der Waals surface area contributed by atoms with E-state index in [9.17, 15) is 0 Å². The molecule has 1 atom stereocenters. The van der Waals surface area contributed by atoms with Gasteiger partial charge in [0.15, 0.2) is 0 Å². The summed E-state index contributed by atoms with van der Waals surface area (Å²) in [6.07, 6.45) is 0.982. The van der Waals surface area contributed by atoms with Crippen molar-refractivity contribution in [2.75, 3.05) is 6.54 Å². The first-order valence-corrected chi connectivity index (χ1v) is 7.52. The molecule has 0 bridgehead atoms. The van der Waals surface area contributed by atoms with Crippen molar-refractivity contribution in [2.24, 2.45) is 5.73 Å². The molecule has 2 rings (SSSR count). The Morgan fingerprint density at radius 3 is 2.95 bits per heavy atom. The van der Waals surface area contributed by atoms with E-state index in [0.29, 0.717) is 34.3 Å². The van der Waals surface area contributed by atoms with Crippen LogP contribution in [-0.4, -0.2) is 21.9 Å². The maximum Gasteiger partial charge on any atom is 0.236 e. The second-order valence-electron chi connectivity index (χ2n) is 4.19. The maximum absolute atomic E-state index is 6.10. The van der Waals surface area contributed by atoms with Crippen LogP contribution in [0.2, 0.25) is 5.02 Å². The standard InChI is InChI=1S/C13H16ClN3OS/c1-9(6-7-15)19-8-12-16-13(17-18-12)10-4-2-3-5-11(10)14/h2-5,9H,6-8,15H2,1H3. The van der Waals surface area contributed by atoms with Gasteiger partial charge in [-0.3, -0.25) is 0 Å². The fraction of sp³-hybridized carbons (Fsp3) is 0.385. The Hall–Kier alpha value is -1.04. The minimum absolute atomic E-state index is 0.487. The Labute approximate surface area is 121 Å². The van der Waals surface area contributed by atoms with Crippen LogP contribution in [0.4, 0.5) is 0 Å². The van der Waals surface area contributed by atoms with Crippen molar-refractivity contribution in [2.45, 2.75) is 24.3 Å². The lowest BCUT2D eigenvalue weighted by Crippen LogP contribution is -2.07. The second kappa shape index (κ2) is 6.93. The number of benzene rings is 1. The van der Waals surface area contributed by atoms with Gasteiger partial charge in [-0.25, -0.2) is 0 Å². The molecule has 0 amide bonds. The number of thioether (sulfide) groups is 1. The van der Waals surface area contributed by atoms with Gasteiger partial charge in [0, 0.05) is 10.8 Å². The molecule has 0 saturated heterocycles. The fourth-order valence-electron chi connectivity index (χ4n) is 1.60. The molecule has 102 valence electrons. The topological polar surface area (TPSA) is 64.9 Å². The zero-order valence-electron chi connectivity index (χ0n) is 10.7. The van der Waals surface area contributed by atoms with Gasteiger partial charge in [0.2, 0.25) is 11.7 Å². The first-order valence-electron chi connectivity index (χ1n) is 6.10. The third-order valence-corrected chi connectivity index (χ3v) is 4.20. The molecule has 2 aromatic rings.